The van der Waals surface area contributed by atoms with Crippen molar-refractivity contribution in [3.63, 3.8) is 0 Å². The van der Waals surface area contributed by atoms with Crippen molar-refractivity contribution in [3.8, 4) is 0 Å². The minimum Gasteiger partial charge on any atom is -0.353 e. The second kappa shape index (κ2) is 8.22. The summed E-state index contributed by atoms with van der Waals surface area (Å²) in [5, 5.41) is 3.29. The summed E-state index contributed by atoms with van der Waals surface area (Å²) in [7, 11) is 0. The average Bonchev–Trinajstić information content (AvgIpc) is 2.35. The summed E-state index contributed by atoms with van der Waals surface area (Å²) < 4.78 is 13.7. The number of carbonyl (C=O) groups is 1. The molecule has 112 valence electrons. The van der Waals surface area contributed by atoms with Gasteiger partial charge in [-0.05, 0) is 38.9 Å². The van der Waals surface area contributed by atoms with E-state index in [1.807, 2.05) is 25.7 Å². The lowest BCUT2D eigenvalue weighted by Crippen LogP contribution is -2.40. The maximum absolute atomic E-state index is 13.7. The van der Waals surface area contributed by atoms with Crippen LogP contribution in [0.4, 0.5) is 4.39 Å². The third-order valence-corrected chi connectivity index (χ3v) is 3.36. The molecule has 1 amide bonds. The van der Waals surface area contributed by atoms with Crippen LogP contribution in [0.2, 0.25) is 5.02 Å². The maximum atomic E-state index is 13.7. The van der Waals surface area contributed by atoms with Gasteiger partial charge in [0.05, 0.1) is 6.54 Å². The zero-order valence-electron chi connectivity index (χ0n) is 12.2. The Kier molecular flexibility index (Phi) is 6.96. The van der Waals surface area contributed by atoms with Gasteiger partial charge in [0.1, 0.15) is 5.82 Å². The molecule has 1 N–H and O–H groups in total. The molecule has 0 aliphatic rings. The van der Waals surface area contributed by atoms with Crippen LogP contribution in [0.3, 0.4) is 0 Å². The predicted octanol–water partition coefficient (Wildman–Crippen LogP) is 2.87. The molecule has 0 radical (unpaired) electrons. The molecule has 0 heterocycles. The first-order valence-corrected chi connectivity index (χ1v) is 7.26. The molecule has 0 bridgehead atoms. The lowest BCUT2D eigenvalue weighted by molar-refractivity contribution is -0.122. The Morgan fingerprint density at radius 3 is 2.70 bits per heavy atom. The first-order chi connectivity index (χ1) is 9.43. The van der Waals surface area contributed by atoms with Crippen molar-refractivity contribution < 1.29 is 9.18 Å². The highest BCUT2D eigenvalue weighted by molar-refractivity contribution is 6.31. The fraction of sp³-hybridized carbons (Fsp3) is 0.533. The van der Waals surface area contributed by atoms with Gasteiger partial charge >= 0.3 is 0 Å². The van der Waals surface area contributed by atoms with Gasteiger partial charge in [0.2, 0.25) is 5.91 Å². The number of hydrogen-bond acceptors (Lipinski definition) is 2. The van der Waals surface area contributed by atoms with Gasteiger partial charge in [-0.1, -0.05) is 24.6 Å². The summed E-state index contributed by atoms with van der Waals surface area (Å²) in [5.41, 5.74) is 0.511. The second-order valence-electron chi connectivity index (χ2n) is 5.04. The second-order valence-corrected chi connectivity index (χ2v) is 5.45. The van der Waals surface area contributed by atoms with Crippen LogP contribution >= 0.6 is 11.6 Å². The van der Waals surface area contributed by atoms with Gasteiger partial charge in [-0.3, -0.25) is 9.69 Å². The lowest BCUT2D eigenvalue weighted by Gasteiger charge is -2.21. The van der Waals surface area contributed by atoms with Crippen LogP contribution in [0.5, 0.6) is 0 Å². The molecule has 0 saturated carbocycles. The highest BCUT2D eigenvalue weighted by Crippen LogP contribution is 2.19. The summed E-state index contributed by atoms with van der Waals surface area (Å²) in [6, 6.07) is 4.81. The number of likely N-dealkylation sites (N-methyl/N-ethyl adjacent to an activating group) is 1. The van der Waals surface area contributed by atoms with Crippen molar-refractivity contribution in [2.45, 2.75) is 33.2 Å². The van der Waals surface area contributed by atoms with E-state index in [2.05, 4.69) is 5.32 Å². The SMILES string of the molecule is CCN(CCc1c(F)cccc1Cl)CC(=O)NC(C)C. The third-order valence-electron chi connectivity index (χ3n) is 3.00. The van der Waals surface area contributed by atoms with Crippen LogP contribution in [0.15, 0.2) is 18.2 Å². The van der Waals surface area contributed by atoms with Crippen LogP contribution in [-0.4, -0.2) is 36.5 Å². The van der Waals surface area contributed by atoms with Crippen LogP contribution in [-0.2, 0) is 11.2 Å². The normalized spacial score (nSPS) is 11.2. The molecule has 0 saturated heterocycles. The Hall–Kier alpha value is -1.13. The fourth-order valence-corrected chi connectivity index (χ4v) is 2.22. The van der Waals surface area contributed by atoms with Gasteiger partial charge in [0.25, 0.3) is 0 Å². The molecular weight excluding hydrogens is 279 g/mol. The minimum absolute atomic E-state index is 0.0125. The number of carbonyl (C=O) groups excluding carboxylic acids is 1. The number of halogens is 2. The average molecular weight is 301 g/mol. The van der Waals surface area contributed by atoms with Crippen LogP contribution in [0.25, 0.3) is 0 Å². The molecule has 20 heavy (non-hydrogen) atoms. The highest BCUT2D eigenvalue weighted by atomic mass is 35.5. The van der Waals surface area contributed by atoms with Gasteiger partial charge in [-0.25, -0.2) is 4.39 Å². The van der Waals surface area contributed by atoms with Crippen LogP contribution < -0.4 is 5.32 Å². The van der Waals surface area contributed by atoms with E-state index in [0.717, 1.165) is 6.54 Å². The smallest absolute Gasteiger partial charge is 0.234 e. The van der Waals surface area contributed by atoms with E-state index in [9.17, 15) is 9.18 Å². The fourth-order valence-electron chi connectivity index (χ4n) is 1.96. The van der Waals surface area contributed by atoms with Crippen LogP contribution in [0.1, 0.15) is 26.3 Å². The van der Waals surface area contributed by atoms with Crippen molar-refractivity contribution in [3.05, 3.63) is 34.6 Å². The maximum Gasteiger partial charge on any atom is 0.234 e. The van der Waals surface area contributed by atoms with Gasteiger partial charge < -0.3 is 5.32 Å². The highest BCUT2D eigenvalue weighted by Gasteiger charge is 2.12. The monoisotopic (exact) mass is 300 g/mol. The molecule has 0 spiro atoms. The molecule has 0 unspecified atom stereocenters. The third kappa shape index (κ3) is 5.47. The first-order valence-electron chi connectivity index (χ1n) is 6.88. The first kappa shape index (κ1) is 16.9. The largest absolute Gasteiger partial charge is 0.353 e. The van der Waals surface area contributed by atoms with E-state index in [1.165, 1.54) is 6.07 Å². The van der Waals surface area contributed by atoms with E-state index in [0.29, 0.717) is 30.1 Å². The molecular formula is C15H22ClFN2O. The number of amides is 1. The zero-order chi connectivity index (χ0) is 15.1. The summed E-state index contributed by atoms with van der Waals surface area (Å²) in [4.78, 5) is 13.7. The lowest BCUT2D eigenvalue weighted by atomic mass is 10.1. The Morgan fingerprint density at radius 1 is 1.45 bits per heavy atom. The Morgan fingerprint density at radius 2 is 2.15 bits per heavy atom. The summed E-state index contributed by atoms with van der Waals surface area (Å²) in [5.74, 6) is -0.304. The molecule has 1 aromatic carbocycles. The number of rotatable bonds is 7. The van der Waals surface area contributed by atoms with Gasteiger partial charge in [0, 0.05) is 23.2 Å². The summed E-state index contributed by atoms with van der Waals surface area (Å²) in [6.07, 6.45) is 0.494. The summed E-state index contributed by atoms with van der Waals surface area (Å²) >= 11 is 5.99. The van der Waals surface area contributed by atoms with Crippen molar-refractivity contribution in [1.82, 2.24) is 10.2 Å². The van der Waals surface area contributed by atoms with Crippen molar-refractivity contribution in [1.29, 1.82) is 0 Å². The summed E-state index contributed by atoms with van der Waals surface area (Å²) in [6.45, 7) is 7.48. The van der Waals surface area contributed by atoms with E-state index < -0.39 is 0 Å². The van der Waals surface area contributed by atoms with Gasteiger partial charge in [-0.2, -0.15) is 0 Å². The van der Waals surface area contributed by atoms with Gasteiger partial charge in [-0.15, -0.1) is 0 Å². The molecule has 0 aliphatic heterocycles. The molecule has 0 aliphatic carbocycles. The minimum atomic E-state index is -0.291. The zero-order valence-corrected chi connectivity index (χ0v) is 13.0. The number of nitrogens with one attached hydrogen (secondary N) is 1. The predicted molar refractivity (Wildman–Crippen MR) is 80.5 cm³/mol. The van der Waals surface area contributed by atoms with E-state index in [4.69, 9.17) is 11.6 Å². The molecule has 1 aromatic rings. The molecule has 5 heteroatoms. The number of benzene rings is 1. The van der Waals surface area contributed by atoms with E-state index in [-0.39, 0.29) is 17.8 Å². The quantitative estimate of drug-likeness (QED) is 0.840. The molecule has 0 fully saturated rings. The molecule has 0 aromatic heterocycles. The topological polar surface area (TPSA) is 32.3 Å². The Bertz CT molecular complexity index is 431. The van der Waals surface area contributed by atoms with Crippen molar-refractivity contribution in [2.24, 2.45) is 0 Å². The van der Waals surface area contributed by atoms with Crippen molar-refractivity contribution >= 4 is 17.5 Å². The molecule has 3 nitrogen and oxygen atoms in total. The van der Waals surface area contributed by atoms with E-state index in [1.54, 1.807) is 12.1 Å². The van der Waals surface area contributed by atoms with Crippen LogP contribution in [0, 0.1) is 5.82 Å². The van der Waals surface area contributed by atoms with Crippen molar-refractivity contribution in [2.75, 3.05) is 19.6 Å². The number of hydrogen-bond donors (Lipinski definition) is 1. The Balaban J connectivity index is 2.55. The van der Waals surface area contributed by atoms with Gasteiger partial charge in [0.15, 0.2) is 0 Å². The Labute approximate surface area is 125 Å². The van der Waals surface area contributed by atoms with E-state index >= 15 is 0 Å². The molecule has 0 atom stereocenters. The molecule has 1 rings (SSSR count). The standard InChI is InChI=1S/C15H22ClFN2O/c1-4-19(10-15(20)18-11(2)3)9-8-12-13(16)6-5-7-14(12)17/h5-7,11H,4,8-10H2,1-3H3,(H,18,20). The number of nitrogens with zero attached hydrogens (tertiary/aromatic N) is 1.